The van der Waals surface area contributed by atoms with Gasteiger partial charge in [0.25, 0.3) is 5.91 Å². The lowest BCUT2D eigenvalue weighted by molar-refractivity contribution is -0.129. The van der Waals surface area contributed by atoms with Gasteiger partial charge in [0.1, 0.15) is 0 Å². The molecule has 0 spiro atoms. The van der Waals surface area contributed by atoms with E-state index in [2.05, 4.69) is 5.32 Å². The van der Waals surface area contributed by atoms with Crippen molar-refractivity contribution in [2.45, 2.75) is 6.54 Å². The molecule has 1 aromatic carbocycles. The van der Waals surface area contributed by atoms with Crippen LogP contribution in [0.2, 0.25) is 4.34 Å². The molecule has 6 heteroatoms. The highest BCUT2D eigenvalue weighted by Gasteiger charge is 2.12. The van der Waals surface area contributed by atoms with Crippen LogP contribution in [0, 0.1) is 0 Å². The summed E-state index contributed by atoms with van der Waals surface area (Å²) in [5, 5.41) is 2.62. The third-order valence-corrected chi connectivity index (χ3v) is 4.10. The van der Waals surface area contributed by atoms with E-state index >= 15 is 0 Å². The summed E-state index contributed by atoms with van der Waals surface area (Å²) in [6.45, 7) is 0.459. The predicted molar refractivity (Wildman–Crippen MR) is 84.6 cm³/mol. The maximum absolute atomic E-state index is 12.0. The fourth-order valence-corrected chi connectivity index (χ4v) is 2.88. The average Bonchev–Trinajstić information content (AvgIpc) is 2.90. The molecule has 21 heavy (non-hydrogen) atoms. The van der Waals surface area contributed by atoms with Crippen molar-refractivity contribution >= 4 is 34.8 Å². The van der Waals surface area contributed by atoms with E-state index in [9.17, 15) is 9.59 Å². The van der Waals surface area contributed by atoms with Gasteiger partial charge in [-0.2, -0.15) is 0 Å². The van der Waals surface area contributed by atoms with Gasteiger partial charge in [-0.1, -0.05) is 29.8 Å². The summed E-state index contributed by atoms with van der Waals surface area (Å²) in [5.74, 6) is -0.402. The van der Waals surface area contributed by atoms with Crippen LogP contribution >= 0.6 is 22.9 Å². The second kappa shape index (κ2) is 7.24. The quantitative estimate of drug-likeness (QED) is 0.920. The lowest BCUT2D eigenvalue weighted by Crippen LogP contribution is -2.37. The minimum absolute atomic E-state index is 0.0245. The van der Waals surface area contributed by atoms with Gasteiger partial charge in [0.2, 0.25) is 5.91 Å². The van der Waals surface area contributed by atoms with Crippen molar-refractivity contribution in [3.63, 3.8) is 0 Å². The van der Waals surface area contributed by atoms with E-state index in [1.807, 2.05) is 12.1 Å². The van der Waals surface area contributed by atoms with Crippen molar-refractivity contribution in [1.29, 1.82) is 0 Å². The molecule has 0 unspecified atom stereocenters. The smallest absolute Gasteiger partial charge is 0.251 e. The van der Waals surface area contributed by atoms with Crippen LogP contribution in [0.3, 0.4) is 0 Å². The van der Waals surface area contributed by atoms with Crippen LogP contribution in [0.5, 0.6) is 0 Å². The first-order valence-electron chi connectivity index (χ1n) is 6.37. The lowest BCUT2D eigenvalue weighted by atomic mass is 10.2. The third-order valence-electron chi connectivity index (χ3n) is 2.88. The highest BCUT2D eigenvalue weighted by Crippen LogP contribution is 2.22. The molecule has 1 N–H and O–H groups in total. The van der Waals surface area contributed by atoms with E-state index < -0.39 is 0 Å². The Hall–Kier alpha value is -1.85. The van der Waals surface area contributed by atoms with E-state index in [1.54, 1.807) is 42.3 Å². The van der Waals surface area contributed by atoms with Crippen LogP contribution < -0.4 is 5.32 Å². The molecule has 110 valence electrons. The Kier molecular flexibility index (Phi) is 5.36. The molecule has 2 aromatic rings. The number of benzene rings is 1. The second-order valence-electron chi connectivity index (χ2n) is 4.50. The normalized spacial score (nSPS) is 10.2. The molecule has 0 bridgehead atoms. The van der Waals surface area contributed by atoms with Crippen LogP contribution in [0.15, 0.2) is 42.5 Å². The molecular formula is C15H15ClN2O2S. The number of amides is 2. The zero-order chi connectivity index (χ0) is 15.2. The summed E-state index contributed by atoms with van der Waals surface area (Å²) in [5.41, 5.74) is 0.540. The van der Waals surface area contributed by atoms with Gasteiger partial charge in [-0.15, -0.1) is 11.3 Å². The number of likely N-dealkylation sites (N-methyl/N-ethyl adjacent to an activating group) is 1. The first-order chi connectivity index (χ1) is 10.1. The van der Waals surface area contributed by atoms with Gasteiger partial charge < -0.3 is 10.2 Å². The minimum Gasteiger partial charge on any atom is -0.343 e. The molecule has 4 nitrogen and oxygen atoms in total. The van der Waals surface area contributed by atoms with Crippen LogP contribution in [-0.2, 0) is 11.3 Å². The molecular weight excluding hydrogens is 308 g/mol. The van der Waals surface area contributed by atoms with Crippen LogP contribution in [0.25, 0.3) is 0 Å². The molecule has 0 fully saturated rings. The topological polar surface area (TPSA) is 49.4 Å². The molecule has 0 aliphatic heterocycles. The van der Waals surface area contributed by atoms with Gasteiger partial charge in [0, 0.05) is 17.5 Å². The first kappa shape index (κ1) is 15.5. The van der Waals surface area contributed by atoms with Crippen molar-refractivity contribution in [3.05, 3.63) is 57.2 Å². The second-order valence-corrected chi connectivity index (χ2v) is 6.30. The lowest BCUT2D eigenvalue weighted by Gasteiger charge is -2.16. The van der Waals surface area contributed by atoms with Gasteiger partial charge in [-0.05, 0) is 24.3 Å². The zero-order valence-electron chi connectivity index (χ0n) is 11.5. The number of carbonyl (C=O) groups excluding carboxylic acids is 2. The number of halogens is 1. The van der Waals surface area contributed by atoms with Gasteiger partial charge in [0.15, 0.2) is 0 Å². The van der Waals surface area contributed by atoms with E-state index in [-0.39, 0.29) is 18.4 Å². The summed E-state index contributed by atoms with van der Waals surface area (Å²) in [6.07, 6.45) is 0. The number of thiophene rings is 1. The van der Waals surface area contributed by atoms with Crippen molar-refractivity contribution < 1.29 is 9.59 Å². The minimum atomic E-state index is -0.253. The maximum Gasteiger partial charge on any atom is 0.251 e. The third kappa shape index (κ3) is 4.58. The standard InChI is InChI=1S/C15H15ClN2O2S/c1-18(10-12-7-8-13(16)21-12)14(19)9-17-15(20)11-5-3-2-4-6-11/h2-8H,9-10H2,1H3,(H,17,20). The SMILES string of the molecule is CN(Cc1ccc(Cl)s1)C(=O)CNC(=O)c1ccccc1. The fourth-order valence-electron chi connectivity index (χ4n) is 1.74. The molecule has 1 aromatic heterocycles. The first-order valence-corrected chi connectivity index (χ1v) is 7.57. The Morgan fingerprint density at radius 2 is 1.90 bits per heavy atom. The zero-order valence-corrected chi connectivity index (χ0v) is 13.1. The van der Waals surface area contributed by atoms with Crippen molar-refractivity contribution in [2.24, 2.45) is 0 Å². The Bertz CT molecular complexity index is 628. The monoisotopic (exact) mass is 322 g/mol. The van der Waals surface area contributed by atoms with E-state index in [0.29, 0.717) is 16.4 Å². The summed E-state index contributed by atoms with van der Waals surface area (Å²) in [4.78, 5) is 26.4. The van der Waals surface area contributed by atoms with E-state index in [0.717, 1.165) is 4.88 Å². The molecule has 0 saturated carbocycles. The molecule has 0 saturated heterocycles. The van der Waals surface area contributed by atoms with Gasteiger partial charge in [-0.3, -0.25) is 9.59 Å². The molecule has 2 rings (SSSR count). The maximum atomic E-state index is 12.0. The molecule has 0 radical (unpaired) electrons. The highest BCUT2D eigenvalue weighted by atomic mass is 35.5. The van der Waals surface area contributed by atoms with Crippen LogP contribution in [0.4, 0.5) is 0 Å². The van der Waals surface area contributed by atoms with Gasteiger partial charge in [-0.25, -0.2) is 0 Å². The number of hydrogen-bond acceptors (Lipinski definition) is 3. The Balaban J connectivity index is 1.82. The van der Waals surface area contributed by atoms with E-state index in [4.69, 9.17) is 11.6 Å². The summed E-state index contributed by atoms with van der Waals surface area (Å²) < 4.78 is 0.697. The van der Waals surface area contributed by atoms with Crippen LogP contribution in [0.1, 0.15) is 15.2 Å². The number of hydrogen-bond donors (Lipinski definition) is 1. The molecule has 0 aliphatic rings. The number of carbonyl (C=O) groups is 2. The summed E-state index contributed by atoms with van der Waals surface area (Å²) in [7, 11) is 1.70. The van der Waals surface area contributed by atoms with Crippen LogP contribution in [-0.4, -0.2) is 30.3 Å². The number of nitrogens with zero attached hydrogens (tertiary/aromatic N) is 1. The largest absolute Gasteiger partial charge is 0.343 e. The number of nitrogens with one attached hydrogen (secondary N) is 1. The molecule has 0 atom stereocenters. The molecule has 2 amide bonds. The molecule has 0 aliphatic carbocycles. The van der Waals surface area contributed by atoms with Gasteiger partial charge in [0.05, 0.1) is 17.4 Å². The summed E-state index contributed by atoms with van der Waals surface area (Å²) >= 11 is 7.29. The van der Waals surface area contributed by atoms with Crippen molar-refractivity contribution in [2.75, 3.05) is 13.6 Å². The average molecular weight is 323 g/mol. The van der Waals surface area contributed by atoms with E-state index in [1.165, 1.54) is 11.3 Å². The predicted octanol–water partition coefficient (Wildman–Crippen LogP) is 2.79. The molecule has 1 heterocycles. The highest BCUT2D eigenvalue weighted by molar-refractivity contribution is 7.16. The van der Waals surface area contributed by atoms with Crippen molar-refractivity contribution in [1.82, 2.24) is 10.2 Å². The Labute approximate surface area is 132 Å². The van der Waals surface area contributed by atoms with Gasteiger partial charge >= 0.3 is 0 Å². The van der Waals surface area contributed by atoms with Crippen molar-refractivity contribution in [3.8, 4) is 0 Å². The fraction of sp³-hybridized carbons (Fsp3) is 0.200. The Morgan fingerprint density at radius 3 is 2.52 bits per heavy atom. The Morgan fingerprint density at radius 1 is 1.19 bits per heavy atom. The summed E-state index contributed by atoms with van der Waals surface area (Å²) in [6, 6.07) is 12.5. The number of rotatable bonds is 5.